The van der Waals surface area contributed by atoms with Gasteiger partial charge in [-0.05, 0) is 24.1 Å². The van der Waals surface area contributed by atoms with Crippen LogP contribution in [0.1, 0.15) is 37.8 Å². The maximum atomic E-state index is 13.5. The summed E-state index contributed by atoms with van der Waals surface area (Å²) in [5.74, 6) is -0.176. The van der Waals surface area contributed by atoms with Crippen LogP contribution in [0.3, 0.4) is 0 Å². The number of benzene rings is 1. The second-order valence-corrected chi connectivity index (χ2v) is 5.63. The fourth-order valence-corrected chi connectivity index (χ4v) is 2.70. The van der Waals surface area contributed by atoms with Crippen molar-refractivity contribution in [3.05, 3.63) is 35.6 Å². The smallest absolute Gasteiger partial charge is 0.220 e. The van der Waals surface area contributed by atoms with Gasteiger partial charge in [0.1, 0.15) is 5.82 Å². The molecule has 1 aliphatic heterocycles. The Bertz CT molecular complexity index is 475. The number of hydrogen-bond donors (Lipinski definition) is 1. The molecule has 1 fully saturated rings. The van der Waals surface area contributed by atoms with Crippen LogP contribution >= 0.6 is 0 Å². The molecule has 0 radical (unpaired) electrons. The highest BCUT2D eigenvalue weighted by atomic mass is 19.1. The Kier molecular flexibility index (Phi) is 6.80. The van der Waals surface area contributed by atoms with Gasteiger partial charge in [-0.15, -0.1) is 0 Å². The van der Waals surface area contributed by atoms with Gasteiger partial charge >= 0.3 is 0 Å². The van der Waals surface area contributed by atoms with Crippen molar-refractivity contribution in [2.75, 3.05) is 32.8 Å². The van der Waals surface area contributed by atoms with Crippen LogP contribution in [-0.2, 0) is 9.53 Å². The van der Waals surface area contributed by atoms with Gasteiger partial charge in [0.05, 0.1) is 19.3 Å². The summed E-state index contributed by atoms with van der Waals surface area (Å²) in [4.78, 5) is 14.1. The average Bonchev–Trinajstić information content (AvgIpc) is 2.54. The molecule has 2 rings (SSSR count). The number of carbonyl (C=O) groups is 1. The highest BCUT2D eigenvalue weighted by Gasteiger charge is 2.23. The summed E-state index contributed by atoms with van der Waals surface area (Å²) in [6.45, 7) is 5.52. The van der Waals surface area contributed by atoms with E-state index < -0.39 is 0 Å². The molecule has 1 unspecified atom stereocenters. The molecular weight excluding hydrogens is 283 g/mol. The summed E-state index contributed by atoms with van der Waals surface area (Å²) < 4.78 is 18.9. The van der Waals surface area contributed by atoms with Gasteiger partial charge in [0, 0.05) is 26.1 Å². The number of hydrogen-bond acceptors (Lipinski definition) is 3. The largest absolute Gasteiger partial charge is 0.379 e. The minimum Gasteiger partial charge on any atom is -0.379 e. The van der Waals surface area contributed by atoms with Crippen LogP contribution < -0.4 is 5.32 Å². The Morgan fingerprint density at radius 2 is 2.18 bits per heavy atom. The van der Waals surface area contributed by atoms with E-state index in [2.05, 4.69) is 17.1 Å². The lowest BCUT2D eigenvalue weighted by atomic mass is 10.0. The van der Waals surface area contributed by atoms with Crippen molar-refractivity contribution in [2.45, 2.75) is 32.2 Å². The van der Waals surface area contributed by atoms with Crippen LogP contribution in [0, 0.1) is 5.82 Å². The van der Waals surface area contributed by atoms with E-state index in [1.807, 2.05) is 6.07 Å². The van der Waals surface area contributed by atoms with Gasteiger partial charge in [0.25, 0.3) is 0 Å². The number of ether oxygens (including phenoxy) is 1. The maximum Gasteiger partial charge on any atom is 0.220 e. The number of carbonyl (C=O) groups excluding carboxylic acids is 1. The zero-order valence-corrected chi connectivity index (χ0v) is 13.2. The molecule has 4 nitrogen and oxygen atoms in total. The minimum atomic E-state index is -0.243. The lowest BCUT2D eigenvalue weighted by Crippen LogP contribution is -2.43. The van der Waals surface area contributed by atoms with Gasteiger partial charge in [0.15, 0.2) is 0 Å². The summed E-state index contributed by atoms with van der Waals surface area (Å²) in [6.07, 6.45) is 2.45. The molecule has 1 aliphatic rings. The van der Waals surface area contributed by atoms with Crippen LogP contribution in [0.2, 0.25) is 0 Å². The van der Waals surface area contributed by atoms with Crippen molar-refractivity contribution in [1.82, 2.24) is 10.2 Å². The van der Waals surface area contributed by atoms with Crippen molar-refractivity contribution in [3.63, 3.8) is 0 Å². The highest BCUT2D eigenvalue weighted by Crippen LogP contribution is 2.22. The zero-order valence-electron chi connectivity index (χ0n) is 13.2. The Balaban J connectivity index is 2.03. The molecule has 0 saturated carbocycles. The summed E-state index contributed by atoms with van der Waals surface area (Å²) in [7, 11) is 0. The van der Waals surface area contributed by atoms with Gasteiger partial charge in [-0.2, -0.15) is 0 Å². The van der Waals surface area contributed by atoms with Gasteiger partial charge in [0.2, 0.25) is 5.91 Å². The predicted octanol–water partition coefficient (Wildman–Crippen LogP) is 2.51. The molecule has 1 heterocycles. The Hall–Kier alpha value is -1.46. The summed E-state index contributed by atoms with van der Waals surface area (Å²) in [5.41, 5.74) is 0.901. The molecule has 22 heavy (non-hydrogen) atoms. The van der Waals surface area contributed by atoms with Crippen molar-refractivity contribution >= 4 is 5.91 Å². The standard InChI is InChI=1S/C17H25FN2O2/c1-2-3-7-17(21)19-13-16(20-8-10-22-11-9-20)14-5-4-6-15(18)12-14/h4-6,12,16H,2-3,7-11,13H2,1H3,(H,19,21). The monoisotopic (exact) mass is 308 g/mol. The summed E-state index contributed by atoms with van der Waals surface area (Å²) in [5, 5.41) is 2.99. The molecule has 0 aromatic heterocycles. The number of halogens is 1. The van der Waals surface area contributed by atoms with E-state index in [1.165, 1.54) is 6.07 Å². The van der Waals surface area contributed by atoms with Crippen LogP contribution in [-0.4, -0.2) is 43.7 Å². The maximum absolute atomic E-state index is 13.5. The SMILES string of the molecule is CCCCC(=O)NCC(c1cccc(F)c1)N1CCOCC1. The van der Waals surface area contributed by atoms with E-state index in [9.17, 15) is 9.18 Å². The Labute approximate surface area is 131 Å². The third kappa shape index (κ3) is 5.07. The number of nitrogens with zero attached hydrogens (tertiary/aromatic N) is 1. The van der Waals surface area contributed by atoms with Crippen LogP contribution in [0.15, 0.2) is 24.3 Å². The predicted molar refractivity (Wildman–Crippen MR) is 84.1 cm³/mol. The fourth-order valence-electron chi connectivity index (χ4n) is 2.70. The van der Waals surface area contributed by atoms with Gasteiger partial charge < -0.3 is 10.1 Å². The van der Waals surface area contributed by atoms with Crippen molar-refractivity contribution in [2.24, 2.45) is 0 Å². The molecule has 0 spiro atoms. The molecular formula is C17H25FN2O2. The first kappa shape index (κ1) is 16.9. The van der Waals surface area contributed by atoms with Crippen LogP contribution in [0.4, 0.5) is 4.39 Å². The molecule has 0 aliphatic carbocycles. The Morgan fingerprint density at radius 3 is 2.86 bits per heavy atom. The quantitative estimate of drug-likeness (QED) is 0.841. The first-order valence-corrected chi connectivity index (χ1v) is 8.04. The second kappa shape index (κ2) is 8.86. The third-order valence-corrected chi connectivity index (χ3v) is 3.97. The molecule has 1 N–H and O–H groups in total. The highest BCUT2D eigenvalue weighted by molar-refractivity contribution is 5.75. The first-order valence-electron chi connectivity index (χ1n) is 8.04. The molecule has 5 heteroatoms. The van der Waals surface area contributed by atoms with Gasteiger partial charge in [-0.25, -0.2) is 4.39 Å². The number of nitrogens with one attached hydrogen (secondary N) is 1. The fraction of sp³-hybridized carbons (Fsp3) is 0.588. The van der Waals surface area contributed by atoms with Crippen molar-refractivity contribution in [3.8, 4) is 0 Å². The lowest BCUT2D eigenvalue weighted by molar-refractivity contribution is -0.121. The first-order chi connectivity index (χ1) is 10.7. The third-order valence-electron chi connectivity index (χ3n) is 3.97. The molecule has 1 aromatic carbocycles. The van der Waals surface area contributed by atoms with Gasteiger partial charge in [-0.1, -0.05) is 25.5 Å². The van der Waals surface area contributed by atoms with E-state index in [1.54, 1.807) is 12.1 Å². The average molecular weight is 308 g/mol. The molecule has 1 amide bonds. The van der Waals surface area contributed by atoms with E-state index in [0.29, 0.717) is 26.2 Å². The minimum absolute atomic E-state index is 0.00910. The molecule has 1 saturated heterocycles. The molecule has 1 aromatic rings. The van der Waals surface area contributed by atoms with Crippen molar-refractivity contribution < 1.29 is 13.9 Å². The summed E-state index contributed by atoms with van der Waals surface area (Å²) in [6, 6.07) is 6.63. The van der Waals surface area contributed by atoms with E-state index >= 15 is 0 Å². The Morgan fingerprint density at radius 1 is 1.41 bits per heavy atom. The topological polar surface area (TPSA) is 41.6 Å². The van der Waals surface area contributed by atoms with E-state index in [0.717, 1.165) is 31.5 Å². The van der Waals surface area contributed by atoms with Crippen LogP contribution in [0.25, 0.3) is 0 Å². The molecule has 0 bridgehead atoms. The number of unbranched alkanes of at least 4 members (excludes halogenated alkanes) is 1. The van der Waals surface area contributed by atoms with E-state index in [-0.39, 0.29) is 17.8 Å². The number of morpholine rings is 1. The number of amides is 1. The van der Waals surface area contributed by atoms with E-state index in [4.69, 9.17) is 4.74 Å². The van der Waals surface area contributed by atoms with Gasteiger partial charge in [-0.3, -0.25) is 9.69 Å². The normalized spacial score (nSPS) is 17.2. The molecule has 122 valence electrons. The summed E-state index contributed by atoms with van der Waals surface area (Å²) >= 11 is 0. The number of rotatable bonds is 7. The van der Waals surface area contributed by atoms with Crippen molar-refractivity contribution in [1.29, 1.82) is 0 Å². The van der Waals surface area contributed by atoms with Crippen LogP contribution in [0.5, 0.6) is 0 Å². The molecule has 1 atom stereocenters. The lowest BCUT2D eigenvalue weighted by Gasteiger charge is -2.35. The second-order valence-electron chi connectivity index (χ2n) is 5.63. The zero-order chi connectivity index (χ0) is 15.8.